The zero-order valence-corrected chi connectivity index (χ0v) is 11.4. The predicted molar refractivity (Wildman–Crippen MR) is 73.6 cm³/mol. The molecule has 0 unspecified atom stereocenters. The second-order valence-electron chi connectivity index (χ2n) is 4.48. The zero-order valence-electron chi connectivity index (χ0n) is 10.7. The largest absolute Gasteiger partial charge is 0.391 e. The molecule has 3 nitrogen and oxygen atoms in total. The third-order valence-electron chi connectivity index (χ3n) is 2.86. The summed E-state index contributed by atoms with van der Waals surface area (Å²) in [6, 6.07) is 5.30. The van der Waals surface area contributed by atoms with Crippen LogP contribution >= 0.6 is 11.6 Å². The number of nitrogens with zero attached hydrogens (tertiary/aromatic N) is 1. The molecule has 0 saturated carbocycles. The summed E-state index contributed by atoms with van der Waals surface area (Å²) < 4.78 is 0. The molecule has 1 aromatic carbocycles. The molecule has 0 bridgehead atoms. The van der Waals surface area contributed by atoms with E-state index >= 15 is 0 Å². The van der Waals surface area contributed by atoms with Gasteiger partial charge in [0.15, 0.2) is 0 Å². The molecule has 1 aromatic rings. The lowest BCUT2D eigenvalue weighted by atomic mass is 9.99. The molecule has 1 rings (SSSR count). The van der Waals surface area contributed by atoms with Gasteiger partial charge in [0, 0.05) is 24.8 Å². The monoisotopic (exact) mass is 256 g/mol. The van der Waals surface area contributed by atoms with Gasteiger partial charge in [0.05, 0.1) is 12.1 Å². The van der Waals surface area contributed by atoms with Crippen molar-refractivity contribution in [2.75, 3.05) is 19.0 Å². The maximum absolute atomic E-state index is 9.88. The number of hydrogen-bond donors (Lipinski definition) is 2. The number of aliphatic hydroxyl groups is 1. The van der Waals surface area contributed by atoms with E-state index in [2.05, 4.69) is 0 Å². The first-order valence-electron chi connectivity index (χ1n) is 5.87. The topological polar surface area (TPSA) is 49.5 Å². The highest BCUT2D eigenvalue weighted by molar-refractivity contribution is 6.31. The second kappa shape index (κ2) is 6.24. The lowest BCUT2D eigenvalue weighted by molar-refractivity contribution is 0.134. The molecule has 0 aromatic heterocycles. The van der Waals surface area contributed by atoms with Gasteiger partial charge in [0.25, 0.3) is 0 Å². The smallest absolute Gasteiger partial charge is 0.0733 e. The summed E-state index contributed by atoms with van der Waals surface area (Å²) in [6.07, 6.45) is 1.05. The standard InChI is InChI=1S/C13H21ClN2O/c1-4-5-12(17)13(15)10-7-6-9(16(2)3)8-11(10)14/h6-8,12-13,17H,4-5,15H2,1-3H3/t12-,13+/m0/s1. The minimum Gasteiger partial charge on any atom is -0.391 e. The van der Waals surface area contributed by atoms with Gasteiger partial charge in [-0.1, -0.05) is 31.0 Å². The van der Waals surface area contributed by atoms with Crippen molar-refractivity contribution in [3.8, 4) is 0 Å². The lowest BCUT2D eigenvalue weighted by Crippen LogP contribution is -2.26. The third-order valence-corrected chi connectivity index (χ3v) is 3.19. The fourth-order valence-corrected chi connectivity index (χ4v) is 2.05. The molecule has 4 heteroatoms. The molecule has 3 N–H and O–H groups in total. The van der Waals surface area contributed by atoms with E-state index in [9.17, 15) is 5.11 Å². The maximum Gasteiger partial charge on any atom is 0.0733 e. The molecule has 0 fully saturated rings. The maximum atomic E-state index is 9.88. The van der Waals surface area contributed by atoms with Crippen molar-refractivity contribution in [1.29, 1.82) is 0 Å². The highest BCUT2D eigenvalue weighted by Crippen LogP contribution is 2.28. The van der Waals surface area contributed by atoms with Crippen molar-refractivity contribution < 1.29 is 5.11 Å². The van der Waals surface area contributed by atoms with Crippen LogP contribution in [0.15, 0.2) is 18.2 Å². The number of benzene rings is 1. The van der Waals surface area contributed by atoms with Gasteiger partial charge in [-0.3, -0.25) is 0 Å². The number of rotatable bonds is 5. The molecular weight excluding hydrogens is 236 g/mol. The van der Waals surface area contributed by atoms with Gasteiger partial charge in [-0.25, -0.2) is 0 Å². The van der Waals surface area contributed by atoms with Crippen molar-refractivity contribution >= 4 is 17.3 Å². The van der Waals surface area contributed by atoms with Crippen LogP contribution < -0.4 is 10.6 Å². The van der Waals surface area contributed by atoms with Crippen LogP contribution in [-0.4, -0.2) is 25.3 Å². The number of aliphatic hydroxyl groups excluding tert-OH is 1. The summed E-state index contributed by atoms with van der Waals surface area (Å²) >= 11 is 6.19. The Labute approximate surface area is 108 Å². The molecule has 0 aliphatic carbocycles. The first kappa shape index (κ1) is 14.3. The Morgan fingerprint density at radius 2 is 2.06 bits per heavy atom. The summed E-state index contributed by atoms with van der Waals surface area (Å²) in [4.78, 5) is 1.98. The van der Waals surface area contributed by atoms with Crippen molar-refractivity contribution in [1.82, 2.24) is 0 Å². The van der Waals surface area contributed by atoms with E-state index < -0.39 is 12.1 Å². The molecule has 96 valence electrons. The quantitative estimate of drug-likeness (QED) is 0.851. The number of hydrogen-bond acceptors (Lipinski definition) is 3. The van der Waals surface area contributed by atoms with Gasteiger partial charge >= 0.3 is 0 Å². The van der Waals surface area contributed by atoms with Gasteiger partial charge in [0.1, 0.15) is 0 Å². The Hall–Kier alpha value is -0.770. The van der Waals surface area contributed by atoms with Crippen LogP contribution in [0.4, 0.5) is 5.69 Å². The van der Waals surface area contributed by atoms with E-state index in [1.165, 1.54) is 0 Å². The Morgan fingerprint density at radius 1 is 1.41 bits per heavy atom. The van der Waals surface area contributed by atoms with Gasteiger partial charge in [-0.2, -0.15) is 0 Å². The van der Waals surface area contributed by atoms with Gasteiger partial charge < -0.3 is 15.7 Å². The SMILES string of the molecule is CCC[C@H](O)[C@H](N)c1ccc(N(C)C)cc1Cl. The average Bonchev–Trinajstić information content (AvgIpc) is 2.28. The molecule has 0 amide bonds. The molecule has 0 aliphatic rings. The van der Waals surface area contributed by atoms with E-state index in [0.717, 1.165) is 17.7 Å². The van der Waals surface area contributed by atoms with Crippen LogP contribution in [0.5, 0.6) is 0 Å². The Morgan fingerprint density at radius 3 is 2.53 bits per heavy atom. The lowest BCUT2D eigenvalue weighted by Gasteiger charge is -2.21. The fraction of sp³-hybridized carbons (Fsp3) is 0.538. The molecule has 17 heavy (non-hydrogen) atoms. The summed E-state index contributed by atoms with van der Waals surface area (Å²) in [5.74, 6) is 0. The van der Waals surface area contributed by atoms with Gasteiger partial charge in [0.2, 0.25) is 0 Å². The summed E-state index contributed by atoms with van der Waals surface area (Å²) in [5.41, 5.74) is 7.83. The highest BCUT2D eigenvalue weighted by atomic mass is 35.5. The number of nitrogens with two attached hydrogens (primary N) is 1. The predicted octanol–water partition coefficient (Wildman–Crippen LogP) is 2.57. The molecule has 0 radical (unpaired) electrons. The van der Waals surface area contributed by atoms with Crippen LogP contribution in [0.2, 0.25) is 5.02 Å². The Balaban J connectivity index is 2.91. The van der Waals surface area contributed by atoms with Crippen molar-refractivity contribution in [3.63, 3.8) is 0 Å². The Bertz CT molecular complexity index is 368. The van der Waals surface area contributed by atoms with E-state index in [-0.39, 0.29) is 0 Å². The average molecular weight is 257 g/mol. The first-order valence-corrected chi connectivity index (χ1v) is 6.25. The van der Waals surface area contributed by atoms with Crippen LogP contribution in [0.25, 0.3) is 0 Å². The zero-order chi connectivity index (χ0) is 13.0. The normalized spacial score (nSPS) is 14.5. The number of halogens is 1. The third kappa shape index (κ3) is 3.60. The second-order valence-corrected chi connectivity index (χ2v) is 4.89. The minimum absolute atomic E-state index is 0.418. The van der Waals surface area contributed by atoms with Crippen molar-refractivity contribution in [2.45, 2.75) is 31.9 Å². The molecular formula is C13H21ClN2O. The fourth-order valence-electron chi connectivity index (χ4n) is 1.75. The van der Waals surface area contributed by atoms with Gasteiger partial charge in [-0.15, -0.1) is 0 Å². The molecule has 0 saturated heterocycles. The molecule has 0 heterocycles. The van der Waals surface area contributed by atoms with Crippen LogP contribution in [0.1, 0.15) is 31.4 Å². The van der Waals surface area contributed by atoms with E-state index in [4.69, 9.17) is 17.3 Å². The van der Waals surface area contributed by atoms with E-state index in [1.807, 2.05) is 44.1 Å². The van der Waals surface area contributed by atoms with Crippen LogP contribution in [-0.2, 0) is 0 Å². The summed E-state index contributed by atoms with van der Waals surface area (Å²) in [5, 5.41) is 10.5. The minimum atomic E-state index is -0.539. The molecule has 0 aliphatic heterocycles. The van der Waals surface area contributed by atoms with E-state index in [1.54, 1.807) is 0 Å². The van der Waals surface area contributed by atoms with Crippen molar-refractivity contribution in [2.24, 2.45) is 5.73 Å². The Kier molecular flexibility index (Phi) is 5.25. The first-order chi connectivity index (χ1) is 7.97. The molecule has 0 spiro atoms. The van der Waals surface area contributed by atoms with E-state index in [0.29, 0.717) is 11.4 Å². The number of anilines is 1. The van der Waals surface area contributed by atoms with Gasteiger partial charge in [-0.05, 0) is 24.1 Å². The van der Waals surface area contributed by atoms with Crippen molar-refractivity contribution in [3.05, 3.63) is 28.8 Å². The highest BCUT2D eigenvalue weighted by Gasteiger charge is 2.18. The van der Waals surface area contributed by atoms with Crippen LogP contribution in [0.3, 0.4) is 0 Å². The molecule has 2 atom stereocenters. The van der Waals surface area contributed by atoms with Crippen LogP contribution in [0, 0.1) is 0 Å². The summed E-state index contributed by atoms with van der Waals surface area (Å²) in [7, 11) is 3.91. The summed E-state index contributed by atoms with van der Waals surface area (Å²) in [6.45, 7) is 2.02.